The molecule has 0 aliphatic carbocycles. The summed E-state index contributed by atoms with van der Waals surface area (Å²) in [6.45, 7) is 5.19. The summed E-state index contributed by atoms with van der Waals surface area (Å²) in [5, 5.41) is 8.63. The van der Waals surface area contributed by atoms with Crippen LogP contribution in [0.25, 0.3) is 10.9 Å². The molecule has 154 valence electrons. The van der Waals surface area contributed by atoms with Crippen molar-refractivity contribution in [3.63, 3.8) is 0 Å². The Balaban J connectivity index is 1.55. The fourth-order valence-corrected chi connectivity index (χ4v) is 3.91. The molecule has 2 heterocycles. The van der Waals surface area contributed by atoms with E-state index in [9.17, 15) is 9.18 Å². The van der Waals surface area contributed by atoms with Gasteiger partial charge in [-0.05, 0) is 55.3 Å². The molecule has 0 atom stereocenters. The van der Waals surface area contributed by atoms with Crippen LogP contribution in [0.2, 0.25) is 5.15 Å². The van der Waals surface area contributed by atoms with Crippen molar-refractivity contribution in [1.82, 2.24) is 14.3 Å². The molecular formula is C23H22ClFN4O. The summed E-state index contributed by atoms with van der Waals surface area (Å²) >= 11 is 6.47. The maximum atomic E-state index is 13.1. The molecule has 0 saturated heterocycles. The minimum absolute atomic E-state index is 0.254. The molecule has 0 unspecified atom stereocenters. The lowest BCUT2D eigenvalue weighted by molar-refractivity contribution is 0.102. The molecule has 4 aromatic rings. The lowest BCUT2D eigenvalue weighted by Crippen LogP contribution is -2.13. The first-order chi connectivity index (χ1) is 14.5. The van der Waals surface area contributed by atoms with Gasteiger partial charge in [-0.3, -0.25) is 4.79 Å². The zero-order valence-corrected chi connectivity index (χ0v) is 17.6. The maximum absolute atomic E-state index is 13.1. The fourth-order valence-electron chi connectivity index (χ4n) is 3.59. The number of nitrogens with zero attached hydrogens (tertiary/aromatic N) is 3. The second-order valence-corrected chi connectivity index (χ2v) is 7.63. The number of rotatable bonds is 6. The monoisotopic (exact) mass is 424 g/mol. The van der Waals surface area contributed by atoms with Crippen LogP contribution in [-0.4, -0.2) is 20.3 Å². The van der Waals surface area contributed by atoms with Crippen molar-refractivity contribution in [2.24, 2.45) is 0 Å². The predicted octanol–water partition coefficient (Wildman–Crippen LogP) is 5.65. The van der Waals surface area contributed by atoms with Crippen molar-refractivity contribution in [3.8, 4) is 0 Å². The Morgan fingerprint density at radius 2 is 1.93 bits per heavy atom. The van der Waals surface area contributed by atoms with Gasteiger partial charge < -0.3 is 9.88 Å². The number of nitrogens with one attached hydrogen (secondary N) is 1. The third-order valence-electron chi connectivity index (χ3n) is 5.03. The fraction of sp³-hybridized carbons (Fsp3) is 0.217. The van der Waals surface area contributed by atoms with Crippen molar-refractivity contribution in [1.29, 1.82) is 0 Å². The van der Waals surface area contributed by atoms with Gasteiger partial charge in [0.25, 0.3) is 5.91 Å². The normalized spacial score (nSPS) is 11.2. The van der Waals surface area contributed by atoms with Gasteiger partial charge in [-0.1, -0.05) is 30.7 Å². The SMILES string of the molecule is CCCn1ccc2cc(NC(=O)c3c(C)nn(Cc4ccc(F)cc4)c3Cl)ccc21. The molecule has 5 nitrogen and oxygen atoms in total. The lowest BCUT2D eigenvalue weighted by atomic mass is 10.2. The number of amides is 1. The number of fused-ring (bicyclic) bond motifs is 1. The third-order valence-corrected chi connectivity index (χ3v) is 5.42. The average Bonchev–Trinajstić information content (AvgIpc) is 3.24. The molecule has 0 aliphatic heterocycles. The highest BCUT2D eigenvalue weighted by atomic mass is 35.5. The van der Waals surface area contributed by atoms with E-state index >= 15 is 0 Å². The van der Waals surface area contributed by atoms with Crippen LogP contribution in [0.5, 0.6) is 0 Å². The van der Waals surface area contributed by atoms with Crippen molar-refractivity contribution in [2.45, 2.75) is 33.4 Å². The van der Waals surface area contributed by atoms with Gasteiger partial charge in [0.1, 0.15) is 11.0 Å². The molecule has 0 radical (unpaired) electrons. The zero-order valence-electron chi connectivity index (χ0n) is 16.8. The Labute approximate surface area is 179 Å². The maximum Gasteiger partial charge on any atom is 0.260 e. The Morgan fingerprint density at radius 1 is 1.17 bits per heavy atom. The summed E-state index contributed by atoms with van der Waals surface area (Å²) in [6.07, 6.45) is 3.11. The van der Waals surface area contributed by atoms with Gasteiger partial charge in [0.05, 0.1) is 17.8 Å². The summed E-state index contributed by atoms with van der Waals surface area (Å²) in [5.74, 6) is -0.612. The predicted molar refractivity (Wildman–Crippen MR) is 118 cm³/mol. The second-order valence-electron chi connectivity index (χ2n) is 7.27. The largest absolute Gasteiger partial charge is 0.347 e. The van der Waals surface area contributed by atoms with E-state index in [2.05, 4.69) is 28.1 Å². The Bertz CT molecular complexity index is 1210. The number of carbonyl (C=O) groups is 1. The smallest absolute Gasteiger partial charge is 0.260 e. The zero-order chi connectivity index (χ0) is 21.3. The van der Waals surface area contributed by atoms with E-state index < -0.39 is 0 Å². The lowest BCUT2D eigenvalue weighted by Gasteiger charge is -2.07. The Morgan fingerprint density at radius 3 is 2.67 bits per heavy atom. The van der Waals surface area contributed by atoms with Gasteiger partial charge in [0.15, 0.2) is 0 Å². The number of anilines is 1. The topological polar surface area (TPSA) is 51.9 Å². The standard InChI is InChI=1S/C23H22ClFN4O/c1-3-11-28-12-10-17-13-19(8-9-20(17)28)26-23(30)21-15(2)27-29(22(21)24)14-16-4-6-18(25)7-5-16/h4-10,12-13H,3,11,14H2,1-2H3,(H,26,30). The number of aromatic nitrogens is 3. The number of halogens is 2. The van der Waals surface area contributed by atoms with Gasteiger partial charge in [-0.15, -0.1) is 0 Å². The molecule has 0 fully saturated rings. The van der Waals surface area contributed by atoms with Crippen molar-refractivity contribution in [2.75, 3.05) is 5.32 Å². The average molecular weight is 425 g/mol. The molecule has 0 saturated carbocycles. The highest BCUT2D eigenvalue weighted by Crippen LogP contribution is 2.25. The summed E-state index contributed by atoms with van der Waals surface area (Å²) < 4.78 is 16.9. The van der Waals surface area contributed by atoms with E-state index in [0.717, 1.165) is 29.4 Å². The molecule has 30 heavy (non-hydrogen) atoms. The van der Waals surface area contributed by atoms with Crippen molar-refractivity contribution >= 4 is 34.1 Å². The molecule has 2 aromatic heterocycles. The van der Waals surface area contributed by atoms with Gasteiger partial charge in [-0.2, -0.15) is 5.10 Å². The summed E-state index contributed by atoms with van der Waals surface area (Å²) in [5.41, 5.74) is 3.55. The van der Waals surface area contributed by atoms with Crippen LogP contribution >= 0.6 is 11.6 Å². The van der Waals surface area contributed by atoms with Gasteiger partial charge >= 0.3 is 0 Å². The summed E-state index contributed by atoms with van der Waals surface area (Å²) in [7, 11) is 0. The van der Waals surface area contributed by atoms with Crippen LogP contribution < -0.4 is 5.32 Å². The Kier molecular flexibility index (Phi) is 5.59. The number of benzene rings is 2. The van der Waals surface area contributed by atoms with Crippen LogP contribution in [0, 0.1) is 12.7 Å². The van der Waals surface area contributed by atoms with E-state index in [-0.39, 0.29) is 16.9 Å². The van der Waals surface area contributed by atoms with Crippen LogP contribution in [0.15, 0.2) is 54.7 Å². The molecule has 7 heteroatoms. The van der Waals surface area contributed by atoms with Crippen molar-refractivity contribution in [3.05, 3.63) is 82.5 Å². The molecule has 0 bridgehead atoms. The number of carbonyl (C=O) groups excluding carboxylic acids is 1. The van der Waals surface area contributed by atoms with Gasteiger partial charge in [-0.25, -0.2) is 9.07 Å². The summed E-state index contributed by atoms with van der Waals surface area (Å²) in [6, 6.07) is 14.0. The molecular weight excluding hydrogens is 403 g/mol. The van der Waals surface area contributed by atoms with Crippen LogP contribution in [0.3, 0.4) is 0 Å². The van der Waals surface area contributed by atoms with E-state index in [1.165, 1.54) is 12.1 Å². The van der Waals surface area contributed by atoms with Crippen LogP contribution in [-0.2, 0) is 13.1 Å². The first kappa shape index (κ1) is 20.2. The van der Waals surface area contributed by atoms with Gasteiger partial charge in [0, 0.05) is 29.3 Å². The highest BCUT2D eigenvalue weighted by Gasteiger charge is 2.21. The van der Waals surface area contributed by atoms with Crippen LogP contribution in [0.1, 0.15) is 35.0 Å². The van der Waals surface area contributed by atoms with Gasteiger partial charge in [0.2, 0.25) is 0 Å². The van der Waals surface area contributed by atoms with E-state index in [0.29, 0.717) is 23.5 Å². The van der Waals surface area contributed by atoms with E-state index in [1.807, 2.05) is 24.3 Å². The van der Waals surface area contributed by atoms with Crippen LogP contribution in [0.4, 0.5) is 10.1 Å². The molecule has 1 N–H and O–H groups in total. The molecule has 0 aliphatic rings. The number of hydrogen-bond acceptors (Lipinski definition) is 2. The van der Waals surface area contributed by atoms with Crippen molar-refractivity contribution < 1.29 is 9.18 Å². The van der Waals surface area contributed by atoms with E-state index in [1.54, 1.807) is 23.7 Å². The molecule has 4 rings (SSSR count). The second kappa shape index (κ2) is 8.32. The molecule has 2 aromatic carbocycles. The number of aryl methyl sites for hydroxylation is 2. The van der Waals surface area contributed by atoms with E-state index in [4.69, 9.17) is 11.6 Å². The third kappa shape index (κ3) is 3.96. The summed E-state index contributed by atoms with van der Waals surface area (Å²) in [4.78, 5) is 12.9. The molecule has 0 spiro atoms. The first-order valence-electron chi connectivity index (χ1n) is 9.84. The first-order valence-corrected chi connectivity index (χ1v) is 10.2. The quantitative estimate of drug-likeness (QED) is 0.435. The molecule has 1 amide bonds. The minimum Gasteiger partial charge on any atom is -0.347 e. The highest BCUT2D eigenvalue weighted by molar-refractivity contribution is 6.33. The number of hydrogen-bond donors (Lipinski definition) is 1. The minimum atomic E-state index is -0.310. The Hall–Kier alpha value is -3.12.